The summed E-state index contributed by atoms with van der Waals surface area (Å²) in [5.41, 5.74) is 0. The van der Waals surface area contributed by atoms with Gasteiger partial charge in [-0.2, -0.15) is 8.78 Å². The second kappa shape index (κ2) is 9.67. The number of hydrogen-bond donors (Lipinski definition) is 0. The van der Waals surface area contributed by atoms with Gasteiger partial charge in [0.25, 0.3) is 0 Å². The second-order valence-corrected chi connectivity index (χ2v) is 2.33. The van der Waals surface area contributed by atoms with Gasteiger partial charge in [-0.15, -0.1) is 0 Å². The first-order valence-electron chi connectivity index (χ1n) is 5.64. The zero-order valence-corrected chi connectivity index (χ0v) is 11.0. The third kappa shape index (κ3) is 4.16. The van der Waals surface area contributed by atoms with E-state index in [1.165, 1.54) is 6.92 Å². The van der Waals surface area contributed by atoms with Crippen molar-refractivity contribution in [2.45, 2.75) is 34.6 Å². The number of halogens is 5. The van der Waals surface area contributed by atoms with Gasteiger partial charge >= 0.3 is 0 Å². The van der Waals surface area contributed by atoms with Crippen molar-refractivity contribution in [2.24, 2.45) is 0 Å². The number of rotatable bonds is 2. The summed E-state index contributed by atoms with van der Waals surface area (Å²) in [6, 6.07) is 0. The van der Waals surface area contributed by atoms with Crippen LogP contribution in [0.3, 0.4) is 0 Å². The molecule has 0 fully saturated rings. The molecule has 0 aromatic heterocycles. The van der Waals surface area contributed by atoms with Crippen molar-refractivity contribution in [2.75, 3.05) is 6.61 Å². The monoisotopic (exact) mass is 272 g/mol. The smallest absolute Gasteiger partial charge is 0.206 e. The summed E-state index contributed by atoms with van der Waals surface area (Å²) in [5, 5.41) is 0. The molecule has 0 aliphatic rings. The van der Waals surface area contributed by atoms with Crippen molar-refractivity contribution >= 4 is 0 Å². The maximum Gasteiger partial charge on any atom is 0.206 e. The minimum Gasteiger partial charge on any atom is -0.488 e. The molecule has 0 N–H and O–H groups in total. The average molecular weight is 272 g/mol. The molecule has 0 heterocycles. The van der Waals surface area contributed by atoms with Crippen LogP contribution in [0.2, 0.25) is 0 Å². The summed E-state index contributed by atoms with van der Waals surface area (Å²) in [5.74, 6) is -11.4. The van der Waals surface area contributed by atoms with Gasteiger partial charge in [-0.3, -0.25) is 0 Å². The van der Waals surface area contributed by atoms with E-state index in [1.54, 1.807) is 0 Å². The van der Waals surface area contributed by atoms with Gasteiger partial charge in [0, 0.05) is 0 Å². The minimum absolute atomic E-state index is 0.196. The van der Waals surface area contributed by atoms with Crippen molar-refractivity contribution in [3.8, 4) is 5.75 Å². The van der Waals surface area contributed by atoms with Gasteiger partial charge in [-0.25, -0.2) is 13.2 Å². The molecule has 106 valence electrons. The molecule has 0 amide bonds. The number of hydrogen-bond acceptors (Lipinski definition) is 1. The Hall–Kier alpha value is -1.33. The van der Waals surface area contributed by atoms with Crippen LogP contribution in [-0.2, 0) is 0 Å². The Morgan fingerprint density at radius 2 is 0.944 bits per heavy atom. The minimum atomic E-state index is -2.19. The van der Waals surface area contributed by atoms with E-state index in [2.05, 4.69) is 4.74 Å². The fraction of sp³-hybridized carbons (Fsp3) is 0.500. The topological polar surface area (TPSA) is 9.23 Å². The predicted octanol–water partition coefficient (Wildman–Crippen LogP) is 4.83. The molecule has 0 aliphatic heterocycles. The highest BCUT2D eigenvalue weighted by atomic mass is 19.2. The van der Waals surface area contributed by atoms with Crippen LogP contribution in [0.25, 0.3) is 0 Å². The Balaban J connectivity index is 0. The Labute approximate surface area is 104 Å². The Bertz CT molecular complexity index is 337. The molecule has 1 nitrogen and oxygen atoms in total. The summed E-state index contributed by atoms with van der Waals surface area (Å²) in [4.78, 5) is 0. The van der Waals surface area contributed by atoms with Gasteiger partial charge in [-0.1, -0.05) is 27.7 Å². The van der Waals surface area contributed by atoms with Crippen LogP contribution in [0.4, 0.5) is 22.0 Å². The van der Waals surface area contributed by atoms with E-state index < -0.39 is 34.8 Å². The van der Waals surface area contributed by atoms with Crippen LogP contribution >= 0.6 is 0 Å². The van der Waals surface area contributed by atoms with Gasteiger partial charge in [0.1, 0.15) is 0 Å². The van der Waals surface area contributed by atoms with Crippen molar-refractivity contribution < 1.29 is 26.7 Å². The summed E-state index contributed by atoms with van der Waals surface area (Å²) >= 11 is 0. The molecule has 0 saturated carbocycles. The summed E-state index contributed by atoms with van der Waals surface area (Å²) in [6.45, 7) is 9.16. The first-order chi connectivity index (χ1) is 8.50. The number of ether oxygens (including phenoxy) is 1. The van der Waals surface area contributed by atoms with Crippen molar-refractivity contribution in [1.29, 1.82) is 0 Å². The van der Waals surface area contributed by atoms with E-state index in [9.17, 15) is 22.0 Å². The molecule has 0 spiro atoms. The van der Waals surface area contributed by atoms with Crippen LogP contribution in [0.1, 0.15) is 34.6 Å². The zero-order valence-electron chi connectivity index (χ0n) is 11.0. The normalized spacial score (nSPS) is 8.78. The lowest BCUT2D eigenvalue weighted by Gasteiger charge is -2.07. The summed E-state index contributed by atoms with van der Waals surface area (Å²) in [7, 11) is 0. The van der Waals surface area contributed by atoms with Gasteiger partial charge in [0.05, 0.1) is 6.61 Å². The molecule has 0 unspecified atom stereocenters. The van der Waals surface area contributed by atoms with Crippen LogP contribution in [0, 0.1) is 29.1 Å². The highest BCUT2D eigenvalue weighted by Crippen LogP contribution is 2.28. The van der Waals surface area contributed by atoms with Gasteiger partial charge in [0.2, 0.25) is 29.1 Å². The molecule has 6 heteroatoms. The van der Waals surface area contributed by atoms with E-state index in [-0.39, 0.29) is 6.61 Å². The third-order valence-electron chi connectivity index (χ3n) is 1.46. The Kier molecular flexibility index (Phi) is 10.2. The zero-order chi connectivity index (χ0) is 14.9. The highest BCUT2D eigenvalue weighted by Gasteiger charge is 2.26. The fourth-order valence-electron chi connectivity index (χ4n) is 0.856. The summed E-state index contributed by atoms with van der Waals surface area (Å²) in [6.07, 6.45) is 0. The second-order valence-electron chi connectivity index (χ2n) is 2.33. The van der Waals surface area contributed by atoms with Crippen LogP contribution in [0.15, 0.2) is 0 Å². The molecular weight excluding hydrogens is 255 g/mol. The van der Waals surface area contributed by atoms with Gasteiger partial charge in [0.15, 0.2) is 5.75 Å². The van der Waals surface area contributed by atoms with Crippen LogP contribution in [-0.4, -0.2) is 6.61 Å². The van der Waals surface area contributed by atoms with Gasteiger partial charge in [-0.05, 0) is 6.92 Å². The molecule has 0 saturated heterocycles. The van der Waals surface area contributed by atoms with Gasteiger partial charge < -0.3 is 4.74 Å². The lowest BCUT2D eigenvalue weighted by molar-refractivity contribution is 0.275. The molecule has 0 radical (unpaired) electrons. The fourth-order valence-corrected chi connectivity index (χ4v) is 0.856. The molecule has 0 aliphatic carbocycles. The summed E-state index contributed by atoms with van der Waals surface area (Å²) < 4.78 is 67.2. The Morgan fingerprint density at radius 3 is 1.22 bits per heavy atom. The standard InChI is InChI=1S/C8H5F5O.2C2H6/c1-2-14-8-6(12)4(10)3(9)5(11)7(8)13;2*1-2/h2H2,1H3;2*1-2H3. The molecule has 0 bridgehead atoms. The molecule has 1 rings (SSSR count). The highest BCUT2D eigenvalue weighted by molar-refractivity contribution is 5.29. The number of benzene rings is 1. The molecule has 18 heavy (non-hydrogen) atoms. The first-order valence-corrected chi connectivity index (χ1v) is 5.64. The van der Waals surface area contributed by atoms with E-state index in [0.29, 0.717) is 0 Å². The van der Waals surface area contributed by atoms with E-state index >= 15 is 0 Å². The maximum absolute atomic E-state index is 12.7. The van der Waals surface area contributed by atoms with E-state index in [1.807, 2.05) is 27.7 Å². The first kappa shape index (κ1) is 19.0. The molecule has 1 aromatic carbocycles. The predicted molar refractivity (Wildman–Crippen MR) is 60.1 cm³/mol. The SMILES string of the molecule is CC.CC.CCOc1c(F)c(F)c(F)c(F)c1F. The third-order valence-corrected chi connectivity index (χ3v) is 1.46. The maximum atomic E-state index is 12.7. The molecule has 1 aromatic rings. The molecule has 0 atom stereocenters. The lowest BCUT2D eigenvalue weighted by atomic mass is 10.2. The average Bonchev–Trinajstić information content (AvgIpc) is 2.43. The van der Waals surface area contributed by atoms with Crippen LogP contribution in [0.5, 0.6) is 5.75 Å². The quantitative estimate of drug-likeness (QED) is 0.425. The lowest BCUT2D eigenvalue weighted by Crippen LogP contribution is -2.06. The van der Waals surface area contributed by atoms with Crippen LogP contribution < -0.4 is 4.74 Å². The molecular formula is C12H17F5O. The van der Waals surface area contributed by atoms with Crippen molar-refractivity contribution in [1.82, 2.24) is 0 Å². The van der Waals surface area contributed by atoms with E-state index in [0.717, 1.165) is 0 Å². The Morgan fingerprint density at radius 1 is 0.667 bits per heavy atom. The van der Waals surface area contributed by atoms with E-state index in [4.69, 9.17) is 0 Å². The largest absolute Gasteiger partial charge is 0.488 e. The van der Waals surface area contributed by atoms with Crippen molar-refractivity contribution in [3.05, 3.63) is 29.1 Å². The van der Waals surface area contributed by atoms with Crippen molar-refractivity contribution in [3.63, 3.8) is 0 Å².